The molecule has 172 valence electrons. The van der Waals surface area contributed by atoms with E-state index in [4.69, 9.17) is 23.7 Å². The Morgan fingerprint density at radius 1 is 1.29 bits per heavy atom. The average molecular weight is 437 g/mol. The van der Waals surface area contributed by atoms with Crippen molar-refractivity contribution in [1.82, 2.24) is 0 Å². The average Bonchev–Trinajstić information content (AvgIpc) is 3.08. The molecule has 0 aliphatic carbocycles. The Labute approximate surface area is 182 Å². The van der Waals surface area contributed by atoms with Crippen LogP contribution in [0, 0.1) is 0 Å². The number of methoxy groups -OCH3 is 1. The summed E-state index contributed by atoms with van der Waals surface area (Å²) in [6.45, 7) is 8.80. The lowest BCUT2D eigenvalue weighted by Gasteiger charge is -2.56. The summed E-state index contributed by atoms with van der Waals surface area (Å²) in [4.78, 5) is 27.5. The van der Waals surface area contributed by atoms with E-state index in [2.05, 4.69) is 0 Å². The predicted octanol–water partition coefficient (Wildman–Crippen LogP) is 1.65. The minimum atomic E-state index is -2.18. The van der Waals surface area contributed by atoms with Crippen LogP contribution in [-0.4, -0.2) is 73.0 Å². The SMILES string of the molecule is CCOC(=O)[C@@H](OC(C)C)[C@]1(O)C(=O)N(c2ccc(OC)cc2)[C@H]1C1COC(C)(C)O1. The molecule has 2 heterocycles. The van der Waals surface area contributed by atoms with Gasteiger partial charge in [-0.25, -0.2) is 4.79 Å². The minimum Gasteiger partial charge on any atom is -0.497 e. The number of esters is 1. The van der Waals surface area contributed by atoms with Crippen LogP contribution in [0.2, 0.25) is 0 Å². The molecule has 0 saturated carbocycles. The van der Waals surface area contributed by atoms with E-state index in [0.717, 1.165) is 0 Å². The van der Waals surface area contributed by atoms with Gasteiger partial charge in [0.25, 0.3) is 5.91 Å². The molecule has 1 aromatic rings. The molecule has 4 atom stereocenters. The van der Waals surface area contributed by atoms with Crippen LogP contribution in [0.1, 0.15) is 34.6 Å². The van der Waals surface area contributed by atoms with Crippen LogP contribution in [0.25, 0.3) is 0 Å². The molecule has 1 amide bonds. The van der Waals surface area contributed by atoms with Gasteiger partial charge in [0.1, 0.15) is 17.9 Å². The number of hydrogen-bond acceptors (Lipinski definition) is 8. The summed E-state index contributed by atoms with van der Waals surface area (Å²) in [5, 5.41) is 11.6. The molecule has 0 radical (unpaired) electrons. The molecule has 1 unspecified atom stereocenters. The first-order valence-corrected chi connectivity index (χ1v) is 10.4. The number of carbonyl (C=O) groups excluding carboxylic acids is 2. The summed E-state index contributed by atoms with van der Waals surface area (Å²) in [5.74, 6) is -1.74. The molecule has 9 nitrogen and oxygen atoms in total. The van der Waals surface area contributed by atoms with Crippen molar-refractivity contribution in [3.05, 3.63) is 24.3 Å². The maximum Gasteiger partial charge on any atom is 0.338 e. The monoisotopic (exact) mass is 437 g/mol. The zero-order chi connectivity index (χ0) is 23.0. The van der Waals surface area contributed by atoms with Crippen molar-refractivity contribution in [3.8, 4) is 5.75 Å². The Bertz CT molecular complexity index is 808. The summed E-state index contributed by atoms with van der Waals surface area (Å²) in [5.41, 5.74) is -1.65. The van der Waals surface area contributed by atoms with Crippen LogP contribution in [0.3, 0.4) is 0 Å². The number of aliphatic hydroxyl groups is 1. The summed E-state index contributed by atoms with van der Waals surface area (Å²) in [6, 6.07) is 5.89. The molecular weight excluding hydrogens is 406 g/mol. The van der Waals surface area contributed by atoms with Crippen LogP contribution >= 0.6 is 0 Å². The molecule has 3 rings (SSSR count). The van der Waals surface area contributed by atoms with Gasteiger partial charge in [0.2, 0.25) is 5.60 Å². The number of benzene rings is 1. The van der Waals surface area contributed by atoms with Gasteiger partial charge >= 0.3 is 5.97 Å². The van der Waals surface area contributed by atoms with E-state index in [-0.39, 0.29) is 13.2 Å². The van der Waals surface area contributed by atoms with E-state index in [1.165, 1.54) is 4.90 Å². The number of ether oxygens (including phenoxy) is 5. The van der Waals surface area contributed by atoms with Gasteiger partial charge < -0.3 is 33.7 Å². The second kappa shape index (κ2) is 8.74. The molecule has 1 N–H and O–H groups in total. The Kier molecular flexibility index (Phi) is 6.61. The number of carbonyl (C=O) groups is 2. The number of amides is 1. The fourth-order valence-corrected chi connectivity index (χ4v) is 4.01. The maximum absolute atomic E-state index is 13.4. The lowest BCUT2D eigenvalue weighted by molar-refractivity contribution is -0.213. The number of rotatable bonds is 8. The maximum atomic E-state index is 13.4. The molecule has 2 aliphatic rings. The van der Waals surface area contributed by atoms with Gasteiger partial charge in [-0.15, -0.1) is 0 Å². The van der Waals surface area contributed by atoms with Gasteiger partial charge in [-0.05, 0) is 58.9 Å². The van der Waals surface area contributed by atoms with Gasteiger partial charge in [0.05, 0.1) is 26.4 Å². The Balaban J connectivity index is 2.02. The second-order valence-electron chi connectivity index (χ2n) is 8.33. The zero-order valence-electron chi connectivity index (χ0n) is 18.8. The number of β-lactam (4-membered cyclic amide) rings is 1. The van der Waals surface area contributed by atoms with E-state index < -0.39 is 47.6 Å². The largest absolute Gasteiger partial charge is 0.497 e. The second-order valence-corrected chi connectivity index (χ2v) is 8.33. The number of anilines is 1. The van der Waals surface area contributed by atoms with Crippen LogP contribution in [-0.2, 0) is 28.5 Å². The van der Waals surface area contributed by atoms with Gasteiger partial charge in [-0.1, -0.05) is 0 Å². The van der Waals surface area contributed by atoms with Crippen LogP contribution < -0.4 is 9.64 Å². The van der Waals surface area contributed by atoms with Gasteiger partial charge in [-0.2, -0.15) is 0 Å². The third-order valence-electron chi connectivity index (χ3n) is 5.33. The Morgan fingerprint density at radius 2 is 1.94 bits per heavy atom. The lowest BCUT2D eigenvalue weighted by Crippen LogP contribution is -2.83. The predicted molar refractivity (Wildman–Crippen MR) is 111 cm³/mol. The molecule has 0 bridgehead atoms. The van der Waals surface area contributed by atoms with Crippen LogP contribution in [0.15, 0.2) is 24.3 Å². The van der Waals surface area contributed by atoms with Crippen molar-refractivity contribution in [2.24, 2.45) is 0 Å². The van der Waals surface area contributed by atoms with Crippen LogP contribution in [0.4, 0.5) is 5.69 Å². The molecular formula is C22H31NO8. The molecule has 2 saturated heterocycles. The first-order chi connectivity index (χ1) is 14.5. The van der Waals surface area contributed by atoms with Crippen molar-refractivity contribution in [2.45, 2.75) is 70.4 Å². The van der Waals surface area contributed by atoms with Crippen molar-refractivity contribution in [3.63, 3.8) is 0 Å². The van der Waals surface area contributed by atoms with Gasteiger partial charge in [0.15, 0.2) is 11.9 Å². The van der Waals surface area contributed by atoms with Crippen molar-refractivity contribution in [1.29, 1.82) is 0 Å². The summed E-state index contributed by atoms with van der Waals surface area (Å²) in [7, 11) is 1.55. The molecule has 9 heteroatoms. The van der Waals surface area contributed by atoms with E-state index in [1.54, 1.807) is 66.0 Å². The topological polar surface area (TPSA) is 104 Å². The van der Waals surface area contributed by atoms with Crippen molar-refractivity contribution >= 4 is 17.6 Å². The summed E-state index contributed by atoms with van der Waals surface area (Å²) in [6.07, 6.45) is -2.63. The summed E-state index contributed by atoms with van der Waals surface area (Å²) >= 11 is 0. The van der Waals surface area contributed by atoms with E-state index in [9.17, 15) is 14.7 Å². The van der Waals surface area contributed by atoms with Gasteiger partial charge in [0, 0.05) is 5.69 Å². The number of nitrogens with zero attached hydrogens (tertiary/aromatic N) is 1. The van der Waals surface area contributed by atoms with E-state index in [0.29, 0.717) is 11.4 Å². The highest BCUT2D eigenvalue weighted by molar-refractivity contribution is 6.11. The number of hydrogen-bond donors (Lipinski definition) is 1. The highest BCUT2D eigenvalue weighted by atomic mass is 16.7. The highest BCUT2D eigenvalue weighted by Crippen LogP contribution is 2.45. The zero-order valence-corrected chi connectivity index (χ0v) is 18.8. The van der Waals surface area contributed by atoms with Crippen molar-refractivity contribution in [2.75, 3.05) is 25.2 Å². The molecule has 31 heavy (non-hydrogen) atoms. The van der Waals surface area contributed by atoms with E-state index >= 15 is 0 Å². The standard InChI is InChI=1S/C22H31NO8/c1-7-28-19(24)18(30-13(2)3)22(26)17(16-12-29-21(4,5)31-16)23(20(22)25)14-8-10-15(27-6)11-9-14/h8-11,13,16-18,26H,7,12H2,1-6H3/t16?,17-,18+,22-/m0/s1. The molecule has 1 aromatic carbocycles. The Hall–Kier alpha value is -2.20. The lowest BCUT2D eigenvalue weighted by atomic mass is 9.74. The quantitative estimate of drug-likeness (QED) is 0.484. The van der Waals surface area contributed by atoms with E-state index in [1.807, 2.05) is 0 Å². The molecule has 2 fully saturated rings. The molecule has 0 spiro atoms. The fraction of sp³-hybridized carbons (Fsp3) is 0.636. The molecule has 0 aromatic heterocycles. The minimum absolute atomic E-state index is 0.0873. The Morgan fingerprint density at radius 3 is 2.42 bits per heavy atom. The first kappa shape index (κ1) is 23.5. The first-order valence-electron chi connectivity index (χ1n) is 10.4. The van der Waals surface area contributed by atoms with Crippen molar-refractivity contribution < 1.29 is 38.4 Å². The fourth-order valence-electron chi connectivity index (χ4n) is 4.01. The van der Waals surface area contributed by atoms with Gasteiger partial charge in [-0.3, -0.25) is 4.79 Å². The third kappa shape index (κ3) is 4.27. The highest BCUT2D eigenvalue weighted by Gasteiger charge is 2.71. The summed E-state index contributed by atoms with van der Waals surface area (Å²) < 4.78 is 27.7. The molecule has 2 aliphatic heterocycles. The normalized spacial score (nSPS) is 28.4. The third-order valence-corrected chi connectivity index (χ3v) is 5.33. The van der Waals surface area contributed by atoms with Crippen LogP contribution in [0.5, 0.6) is 5.75 Å². The smallest absolute Gasteiger partial charge is 0.338 e.